The van der Waals surface area contributed by atoms with Gasteiger partial charge < -0.3 is 9.84 Å². The third-order valence-corrected chi connectivity index (χ3v) is 3.05. The average Bonchev–Trinajstić information content (AvgIpc) is 2.43. The fourth-order valence-electron chi connectivity index (χ4n) is 1.70. The van der Waals surface area contributed by atoms with Gasteiger partial charge in [-0.2, -0.15) is 13.2 Å². The van der Waals surface area contributed by atoms with E-state index >= 15 is 0 Å². The lowest BCUT2D eigenvalue weighted by molar-refractivity contribution is -0.137. The van der Waals surface area contributed by atoms with E-state index in [1.807, 2.05) is 0 Å². The number of halogens is 5. The molecule has 8 heteroatoms. The fourth-order valence-corrected chi connectivity index (χ4v) is 1.93. The molecule has 2 aromatic rings. The number of pyridine rings is 1. The summed E-state index contributed by atoms with van der Waals surface area (Å²) in [6, 6.07) is 3.96. The lowest BCUT2D eigenvalue weighted by Gasteiger charge is -2.12. The van der Waals surface area contributed by atoms with Crippen molar-refractivity contribution in [2.75, 3.05) is 6.61 Å². The Kier molecular flexibility index (Phi) is 4.87. The van der Waals surface area contributed by atoms with Crippen molar-refractivity contribution in [3.8, 4) is 11.6 Å². The number of nitrogens with zero attached hydrogens (tertiary/aromatic N) is 1. The van der Waals surface area contributed by atoms with Crippen molar-refractivity contribution in [2.24, 2.45) is 0 Å². The Morgan fingerprint density at radius 1 is 1.23 bits per heavy atom. The summed E-state index contributed by atoms with van der Waals surface area (Å²) >= 11 is 5.48. The van der Waals surface area contributed by atoms with Crippen LogP contribution in [0.5, 0.6) is 11.6 Å². The molecule has 1 aromatic carbocycles. The molecule has 0 aliphatic heterocycles. The maximum Gasteiger partial charge on any atom is 0.417 e. The van der Waals surface area contributed by atoms with Gasteiger partial charge in [-0.1, -0.05) is 11.6 Å². The molecule has 2 rings (SSSR count). The van der Waals surface area contributed by atoms with Crippen molar-refractivity contribution in [1.82, 2.24) is 4.98 Å². The summed E-state index contributed by atoms with van der Waals surface area (Å²) in [4.78, 5) is 3.68. The van der Waals surface area contributed by atoms with Gasteiger partial charge in [0.05, 0.1) is 10.6 Å². The van der Waals surface area contributed by atoms with E-state index in [-0.39, 0.29) is 18.8 Å². The zero-order valence-corrected chi connectivity index (χ0v) is 11.7. The van der Waals surface area contributed by atoms with Gasteiger partial charge in [-0.3, -0.25) is 0 Å². The van der Waals surface area contributed by atoms with Crippen LogP contribution in [-0.2, 0) is 12.6 Å². The summed E-state index contributed by atoms with van der Waals surface area (Å²) in [6.07, 6.45) is -3.16. The van der Waals surface area contributed by atoms with Crippen LogP contribution < -0.4 is 4.74 Å². The number of ether oxygens (including phenoxy) is 1. The molecule has 0 atom stereocenters. The summed E-state index contributed by atoms with van der Waals surface area (Å²) < 4.78 is 57.0. The Morgan fingerprint density at radius 3 is 2.55 bits per heavy atom. The average molecular weight is 336 g/mol. The monoisotopic (exact) mass is 335 g/mol. The van der Waals surface area contributed by atoms with E-state index in [1.54, 1.807) is 0 Å². The number of rotatable bonds is 4. The predicted molar refractivity (Wildman–Crippen MR) is 71.5 cm³/mol. The van der Waals surface area contributed by atoms with Gasteiger partial charge in [0, 0.05) is 12.8 Å². The molecule has 0 saturated heterocycles. The molecule has 1 N–H and O–H groups in total. The Morgan fingerprint density at radius 2 is 1.95 bits per heavy atom. The SMILES string of the molecule is OCCc1cnc(Oc2ccc(Cl)c(C(F)(F)F)c2)c(F)c1. The summed E-state index contributed by atoms with van der Waals surface area (Å²) in [7, 11) is 0. The van der Waals surface area contributed by atoms with Crippen LogP contribution in [0.3, 0.4) is 0 Å². The summed E-state index contributed by atoms with van der Waals surface area (Å²) in [5.74, 6) is -1.54. The molecule has 0 fully saturated rings. The third kappa shape index (κ3) is 3.86. The van der Waals surface area contributed by atoms with Crippen LogP contribution in [0.15, 0.2) is 30.5 Å². The molecule has 0 aliphatic carbocycles. The molecule has 1 heterocycles. The molecule has 0 aliphatic rings. The fraction of sp³-hybridized carbons (Fsp3) is 0.214. The number of benzene rings is 1. The quantitative estimate of drug-likeness (QED) is 0.851. The second kappa shape index (κ2) is 6.50. The Bertz CT molecular complexity index is 676. The van der Waals surface area contributed by atoms with Gasteiger partial charge in [-0.25, -0.2) is 9.37 Å². The first kappa shape index (κ1) is 16.5. The van der Waals surface area contributed by atoms with E-state index in [0.717, 1.165) is 12.1 Å². The molecule has 0 radical (unpaired) electrons. The molecular weight excluding hydrogens is 326 g/mol. The van der Waals surface area contributed by atoms with E-state index in [9.17, 15) is 17.6 Å². The molecule has 118 valence electrons. The van der Waals surface area contributed by atoms with E-state index < -0.39 is 28.5 Å². The molecule has 0 amide bonds. The van der Waals surface area contributed by atoms with E-state index in [0.29, 0.717) is 11.6 Å². The van der Waals surface area contributed by atoms with Crippen molar-refractivity contribution < 1.29 is 27.4 Å². The largest absolute Gasteiger partial charge is 0.436 e. The Balaban J connectivity index is 2.28. The van der Waals surface area contributed by atoms with Gasteiger partial charge in [-0.05, 0) is 36.2 Å². The van der Waals surface area contributed by atoms with Crippen LogP contribution in [0.4, 0.5) is 17.6 Å². The standard InChI is InChI=1S/C14H10ClF4NO2/c15-11-2-1-9(6-10(11)14(17,18)19)22-13-12(16)5-8(3-4-21)7-20-13/h1-2,5-7,21H,3-4H2. The number of hydrogen-bond acceptors (Lipinski definition) is 3. The van der Waals surface area contributed by atoms with Crippen LogP contribution in [0.2, 0.25) is 5.02 Å². The van der Waals surface area contributed by atoms with Gasteiger partial charge >= 0.3 is 6.18 Å². The van der Waals surface area contributed by atoms with Gasteiger partial charge in [-0.15, -0.1) is 0 Å². The van der Waals surface area contributed by atoms with Crippen molar-refractivity contribution in [2.45, 2.75) is 12.6 Å². The van der Waals surface area contributed by atoms with Crippen molar-refractivity contribution in [3.63, 3.8) is 0 Å². The third-order valence-electron chi connectivity index (χ3n) is 2.72. The summed E-state index contributed by atoms with van der Waals surface area (Å²) in [5.41, 5.74) is -0.636. The van der Waals surface area contributed by atoms with Crippen molar-refractivity contribution >= 4 is 11.6 Å². The number of hydrogen-bond donors (Lipinski definition) is 1. The maximum atomic E-state index is 13.8. The van der Waals surface area contributed by atoms with Crippen molar-refractivity contribution in [3.05, 3.63) is 52.4 Å². The molecule has 3 nitrogen and oxygen atoms in total. The highest BCUT2D eigenvalue weighted by Gasteiger charge is 2.33. The first-order valence-corrected chi connectivity index (χ1v) is 6.49. The lowest BCUT2D eigenvalue weighted by atomic mass is 10.2. The zero-order chi connectivity index (χ0) is 16.3. The highest BCUT2D eigenvalue weighted by Crippen LogP contribution is 2.37. The highest BCUT2D eigenvalue weighted by atomic mass is 35.5. The highest BCUT2D eigenvalue weighted by molar-refractivity contribution is 6.31. The molecule has 0 bridgehead atoms. The molecular formula is C14H10ClF4NO2. The topological polar surface area (TPSA) is 42.4 Å². The molecule has 1 aromatic heterocycles. The second-order valence-corrected chi connectivity index (χ2v) is 4.75. The van der Waals surface area contributed by atoms with Crippen LogP contribution in [-0.4, -0.2) is 16.7 Å². The Hall–Kier alpha value is -1.86. The predicted octanol–water partition coefficient (Wildman–Crippen LogP) is 4.22. The lowest BCUT2D eigenvalue weighted by Crippen LogP contribution is -2.06. The Labute approximate surface area is 128 Å². The molecule has 0 saturated carbocycles. The van der Waals surface area contributed by atoms with Gasteiger partial charge in [0.1, 0.15) is 5.75 Å². The first-order chi connectivity index (χ1) is 10.3. The minimum absolute atomic E-state index is 0.173. The minimum atomic E-state index is -4.65. The summed E-state index contributed by atoms with van der Waals surface area (Å²) in [5, 5.41) is 8.27. The molecule has 22 heavy (non-hydrogen) atoms. The number of aromatic nitrogens is 1. The molecule has 0 spiro atoms. The number of aliphatic hydroxyl groups excluding tert-OH is 1. The van der Waals surface area contributed by atoms with Crippen LogP contribution in [0.1, 0.15) is 11.1 Å². The summed E-state index contributed by atoms with van der Waals surface area (Å²) in [6.45, 7) is -0.173. The van der Waals surface area contributed by atoms with Crippen LogP contribution in [0.25, 0.3) is 0 Å². The first-order valence-electron chi connectivity index (χ1n) is 6.11. The zero-order valence-electron chi connectivity index (χ0n) is 11.0. The number of aliphatic hydroxyl groups is 1. The van der Waals surface area contributed by atoms with E-state index in [2.05, 4.69) is 4.98 Å². The van der Waals surface area contributed by atoms with Crippen LogP contribution >= 0.6 is 11.6 Å². The van der Waals surface area contributed by atoms with E-state index in [4.69, 9.17) is 21.4 Å². The minimum Gasteiger partial charge on any atom is -0.436 e. The second-order valence-electron chi connectivity index (χ2n) is 4.35. The van der Waals surface area contributed by atoms with Gasteiger partial charge in [0.25, 0.3) is 5.88 Å². The van der Waals surface area contributed by atoms with Gasteiger partial charge in [0.15, 0.2) is 5.82 Å². The number of alkyl halides is 3. The van der Waals surface area contributed by atoms with Crippen molar-refractivity contribution in [1.29, 1.82) is 0 Å². The normalized spacial score (nSPS) is 11.5. The maximum absolute atomic E-state index is 13.8. The molecule has 0 unspecified atom stereocenters. The van der Waals surface area contributed by atoms with Gasteiger partial charge in [0.2, 0.25) is 0 Å². The van der Waals surface area contributed by atoms with E-state index in [1.165, 1.54) is 12.3 Å². The van der Waals surface area contributed by atoms with Crippen LogP contribution in [0, 0.1) is 5.82 Å². The smallest absolute Gasteiger partial charge is 0.417 e.